The normalized spacial score (nSPS) is 20.4. The molecule has 9 heteroatoms. The first kappa shape index (κ1) is 21.9. The van der Waals surface area contributed by atoms with Gasteiger partial charge in [-0.2, -0.15) is 4.98 Å². The fourth-order valence-corrected chi connectivity index (χ4v) is 6.78. The number of rotatable bonds is 4. The largest absolute Gasteiger partial charge is 0.382 e. The lowest BCUT2D eigenvalue weighted by Gasteiger charge is -2.40. The molecule has 0 unspecified atom stereocenters. The molecule has 4 heterocycles. The minimum Gasteiger partial charge on any atom is -0.382 e. The van der Waals surface area contributed by atoms with E-state index in [0.29, 0.717) is 21.3 Å². The zero-order valence-electron chi connectivity index (χ0n) is 18.6. The van der Waals surface area contributed by atoms with Gasteiger partial charge in [0.25, 0.3) is 5.56 Å². The molecule has 1 spiro atoms. The molecule has 1 aliphatic carbocycles. The summed E-state index contributed by atoms with van der Waals surface area (Å²) in [6.07, 6.45) is 11.8. The highest BCUT2D eigenvalue weighted by Gasteiger charge is 2.37. The number of nitrogens with zero attached hydrogens (tertiary/aromatic N) is 5. The maximum absolute atomic E-state index is 13.3. The van der Waals surface area contributed by atoms with E-state index < -0.39 is 0 Å². The van der Waals surface area contributed by atoms with Crippen LogP contribution in [0.3, 0.4) is 0 Å². The van der Waals surface area contributed by atoms with Crippen molar-refractivity contribution in [3.05, 3.63) is 27.6 Å². The highest BCUT2D eigenvalue weighted by atomic mass is 35.5. The second-order valence-corrected chi connectivity index (χ2v) is 10.9. The van der Waals surface area contributed by atoms with Crippen LogP contribution in [-0.2, 0) is 7.05 Å². The number of nitrogens with two attached hydrogens (primary N) is 1. The second kappa shape index (κ2) is 8.78. The lowest BCUT2D eigenvalue weighted by Crippen LogP contribution is -2.42. The van der Waals surface area contributed by atoms with Gasteiger partial charge in [-0.25, -0.2) is 4.98 Å². The molecular formula is C23H31ClN6OS. The third-order valence-electron chi connectivity index (χ3n) is 7.48. The molecule has 2 saturated heterocycles. The molecule has 5 rings (SSSR count). The number of nitrogen functional groups attached to an aromatic ring is 1. The van der Waals surface area contributed by atoms with Crippen molar-refractivity contribution in [1.29, 1.82) is 0 Å². The molecular weight excluding hydrogens is 444 g/mol. The number of halogens is 1. The lowest BCUT2D eigenvalue weighted by atomic mass is 9.77. The van der Waals surface area contributed by atoms with Crippen LogP contribution in [-0.4, -0.2) is 40.7 Å². The molecule has 2 N–H and O–H groups in total. The van der Waals surface area contributed by atoms with Gasteiger partial charge in [0.2, 0.25) is 5.95 Å². The Hall–Kier alpha value is -1.93. The Morgan fingerprint density at radius 1 is 1.03 bits per heavy atom. The number of hydrogen-bond donors (Lipinski definition) is 1. The van der Waals surface area contributed by atoms with Crippen molar-refractivity contribution < 1.29 is 0 Å². The topological polar surface area (TPSA) is 80.3 Å². The van der Waals surface area contributed by atoms with Crippen LogP contribution in [0.1, 0.15) is 51.4 Å². The van der Waals surface area contributed by atoms with Crippen molar-refractivity contribution in [2.24, 2.45) is 12.5 Å². The van der Waals surface area contributed by atoms with Gasteiger partial charge in [0.05, 0.1) is 5.02 Å². The first-order chi connectivity index (χ1) is 15.5. The number of piperidine rings is 1. The summed E-state index contributed by atoms with van der Waals surface area (Å²) in [5.74, 6) is 1.72. The summed E-state index contributed by atoms with van der Waals surface area (Å²) in [7, 11) is 1.79. The maximum Gasteiger partial charge on any atom is 0.270 e. The molecule has 0 amide bonds. The van der Waals surface area contributed by atoms with Crippen molar-refractivity contribution in [1.82, 2.24) is 14.5 Å². The van der Waals surface area contributed by atoms with E-state index >= 15 is 0 Å². The van der Waals surface area contributed by atoms with E-state index in [9.17, 15) is 4.79 Å². The fraction of sp³-hybridized carbons (Fsp3) is 0.609. The third-order valence-corrected chi connectivity index (χ3v) is 9.11. The first-order valence-electron chi connectivity index (χ1n) is 11.7. The standard InChI is InChI=1S/C23H31ClN6OS/c1-28-21(31)18(32-16-6-11-26-20(17(16)24)29-12-4-5-13-29)19(25)27-22(28)30-14-9-23(10-15-30)7-2-3-8-23/h6,11H,2-5,7-10,12-15,25H2,1H3. The summed E-state index contributed by atoms with van der Waals surface area (Å²) in [6.45, 7) is 3.78. The summed E-state index contributed by atoms with van der Waals surface area (Å²) in [4.78, 5) is 28.1. The van der Waals surface area contributed by atoms with Gasteiger partial charge in [-0.1, -0.05) is 36.2 Å². The predicted octanol–water partition coefficient (Wildman–Crippen LogP) is 4.32. The van der Waals surface area contributed by atoms with E-state index in [1.54, 1.807) is 17.8 Å². The molecule has 3 aliphatic rings. The van der Waals surface area contributed by atoms with Gasteiger partial charge < -0.3 is 15.5 Å². The molecule has 0 aromatic carbocycles. The molecule has 32 heavy (non-hydrogen) atoms. The zero-order valence-corrected chi connectivity index (χ0v) is 20.2. The second-order valence-electron chi connectivity index (χ2n) is 9.43. The summed E-state index contributed by atoms with van der Waals surface area (Å²) in [5.41, 5.74) is 6.72. The predicted molar refractivity (Wildman–Crippen MR) is 131 cm³/mol. The van der Waals surface area contributed by atoms with Crippen LogP contribution in [0.25, 0.3) is 0 Å². The Kier molecular flexibility index (Phi) is 6.01. The molecule has 0 radical (unpaired) electrons. The van der Waals surface area contributed by atoms with Gasteiger partial charge in [-0.15, -0.1) is 0 Å². The smallest absolute Gasteiger partial charge is 0.270 e. The monoisotopic (exact) mass is 474 g/mol. The minimum absolute atomic E-state index is 0.130. The van der Waals surface area contributed by atoms with Crippen molar-refractivity contribution >= 4 is 40.9 Å². The Morgan fingerprint density at radius 2 is 1.72 bits per heavy atom. The van der Waals surface area contributed by atoms with Crippen LogP contribution < -0.4 is 21.1 Å². The molecule has 2 aliphatic heterocycles. The van der Waals surface area contributed by atoms with Crippen LogP contribution >= 0.6 is 23.4 Å². The van der Waals surface area contributed by atoms with Gasteiger partial charge in [0.1, 0.15) is 16.5 Å². The summed E-state index contributed by atoms with van der Waals surface area (Å²) < 4.78 is 1.64. The Bertz CT molecular complexity index is 1050. The van der Waals surface area contributed by atoms with Crippen LogP contribution in [0.5, 0.6) is 0 Å². The van der Waals surface area contributed by atoms with Crippen molar-refractivity contribution in [3.63, 3.8) is 0 Å². The van der Waals surface area contributed by atoms with Gasteiger partial charge in [-0.05, 0) is 50.0 Å². The van der Waals surface area contributed by atoms with Gasteiger partial charge in [0.15, 0.2) is 0 Å². The van der Waals surface area contributed by atoms with Crippen LogP contribution in [0.2, 0.25) is 5.02 Å². The average Bonchev–Trinajstić information content (AvgIpc) is 3.48. The number of anilines is 3. The van der Waals surface area contributed by atoms with Crippen LogP contribution in [0.4, 0.5) is 17.6 Å². The van der Waals surface area contributed by atoms with E-state index in [4.69, 9.17) is 17.3 Å². The Labute approximate surface area is 198 Å². The lowest BCUT2D eigenvalue weighted by molar-refractivity contribution is 0.225. The van der Waals surface area contributed by atoms with E-state index in [0.717, 1.165) is 49.7 Å². The minimum atomic E-state index is -0.130. The maximum atomic E-state index is 13.3. The molecule has 1 saturated carbocycles. The van der Waals surface area contributed by atoms with Crippen molar-refractivity contribution in [3.8, 4) is 0 Å². The molecule has 0 atom stereocenters. The van der Waals surface area contributed by atoms with Gasteiger partial charge in [-0.3, -0.25) is 9.36 Å². The van der Waals surface area contributed by atoms with Gasteiger partial charge >= 0.3 is 0 Å². The molecule has 3 fully saturated rings. The van der Waals surface area contributed by atoms with Crippen LogP contribution in [0.15, 0.2) is 26.8 Å². The first-order valence-corrected chi connectivity index (χ1v) is 12.9. The molecule has 2 aromatic heterocycles. The highest BCUT2D eigenvalue weighted by molar-refractivity contribution is 7.99. The van der Waals surface area contributed by atoms with Crippen molar-refractivity contribution in [2.45, 2.75) is 61.2 Å². The summed E-state index contributed by atoms with van der Waals surface area (Å²) in [6, 6.07) is 1.84. The van der Waals surface area contributed by atoms with E-state index in [2.05, 4.69) is 19.8 Å². The molecule has 172 valence electrons. The van der Waals surface area contributed by atoms with Gasteiger partial charge in [0, 0.05) is 44.3 Å². The fourth-order valence-electron chi connectivity index (χ4n) is 5.52. The highest BCUT2D eigenvalue weighted by Crippen LogP contribution is 2.46. The zero-order chi connectivity index (χ0) is 22.3. The average molecular weight is 475 g/mol. The van der Waals surface area contributed by atoms with E-state index in [1.807, 2.05) is 6.07 Å². The molecule has 2 aromatic rings. The summed E-state index contributed by atoms with van der Waals surface area (Å²) >= 11 is 7.98. The number of pyridine rings is 1. The molecule has 7 nitrogen and oxygen atoms in total. The third kappa shape index (κ3) is 3.96. The van der Waals surface area contributed by atoms with Crippen LogP contribution in [0, 0.1) is 5.41 Å². The SMILES string of the molecule is Cn1c(N2CCC3(CCCC3)CC2)nc(N)c(Sc2ccnc(N3CCCC3)c2Cl)c1=O. The Balaban J connectivity index is 1.39. The summed E-state index contributed by atoms with van der Waals surface area (Å²) in [5, 5.41) is 0.572. The Morgan fingerprint density at radius 3 is 2.41 bits per heavy atom. The number of hydrogen-bond acceptors (Lipinski definition) is 7. The van der Waals surface area contributed by atoms with Crippen molar-refractivity contribution in [2.75, 3.05) is 41.7 Å². The quantitative estimate of drug-likeness (QED) is 0.706. The number of aromatic nitrogens is 3. The van der Waals surface area contributed by atoms with E-state index in [-0.39, 0.29) is 11.4 Å². The van der Waals surface area contributed by atoms with E-state index in [1.165, 1.54) is 50.3 Å². The molecule has 0 bridgehead atoms.